The van der Waals surface area contributed by atoms with Crippen LogP contribution in [-0.4, -0.2) is 21.2 Å². The van der Waals surface area contributed by atoms with Crippen molar-refractivity contribution in [1.29, 1.82) is 0 Å². The lowest BCUT2D eigenvalue weighted by molar-refractivity contribution is 0.209. The van der Waals surface area contributed by atoms with E-state index in [1.54, 1.807) is 18.2 Å². The maximum Gasteiger partial charge on any atom is 0.411 e. The molecule has 1 heterocycles. The number of benzene rings is 2. The number of amides is 1. The molecule has 0 saturated carbocycles. The van der Waals surface area contributed by atoms with E-state index in [1.807, 2.05) is 30.3 Å². The summed E-state index contributed by atoms with van der Waals surface area (Å²) in [5, 5.41) is 10.8. The number of carboxylic acid groups (broad SMARTS) is 1. The van der Waals surface area contributed by atoms with Crippen molar-refractivity contribution in [1.82, 2.24) is 9.97 Å². The number of H-pyrrole nitrogens is 1. The van der Waals surface area contributed by atoms with Crippen LogP contribution in [0.5, 0.6) is 11.5 Å². The van der Waals surface area contributed by atoms with E-state index >= 15 is 0 Å². The predicted octanol–water partition coefficient (Wildman–Crippen LogP) is 3.45. The van der Waals surface area contributed by atoms with E-state index in [9.17, 15) is 4.79 Å². The Morgan fingerprint density at radius 3 is 2.70 bits per heavy atom. The van der Waals surface area contributed by atoms with E-state index in [0.29, 0.717) is 11.3 Å². The van der Waals surface area contributed by atoms with Crippen molar-refractivity contribution in [2.45, 2.75) is 0 Å². The molecule has 6 nitrogen and oxygen atoms in total. The normalized spacial score (nSPS) is 10.4. The first-order valence-corrected chi connectivity index (χ1v) is 5.93. The van der Waals surface area contributed by atoms with Crippen molar-refractivity contribution in [2.24, 2.45) is 0 Å². The SMILES string of the molecule is O=C(O)Nc1nc2cc(Oc3ccccc3)ccc2[nH]1. The van der Waals surface area contributed by atoms with Gasteiger partial charge < -0.3 is 14.8 Å². The molecule has 1 aromatic heterocycles. The predicted molar refractivity (Wildman–Crippen MR) is 74.3 cm³/mol. The Morgan fingerprint density at radius 2 is 1.95 bits per heavy atom. The van der Waals surface area contributed by atoms with E-state index in [0.717, 1.165) is 11.3 Å². The minimum atomic E-state index is -1.16. The van der Waals surface area contributed by atoms with Crippen molar-refractivity contribution in [2.75, 3.05) is 5.32 Å². The summed E-state index contributed by atoms with van der Waals surface area (Å²) in [6, 6.07) is 14.7. The van der Waals surface area contributed by atoms with E-state index < -0.39 is 6.09 Å². The van der Waals surface area contributed by atoms with Crippen molar-refractivity contribution in [3.8, 4) is 11.5 Å². The first-order valence-electron chi connectivity index (χ1n) is 5.93. The van der Waals surface area contributed by atoms with Crippen molar-refractivity contribution in [3.63, 3.8) is 0 Å². The Kier molecular flexibility index (Phi) is 2.96. The van der Waals surface area contributed by atoms with Gasteiger partial charge in [0, 0.05) is 6.07 Å². The molecule has 1 amide bonds. The molecular formula is C14H11N3O3. The van der Waals surface area contributed by atoms with Gasteiger partial charge in [0.1, 0.15) is 11.5 Å². The van der Waals surface area contributed by atoms with Crippen LogP contribution in [0.4, 0.5) is 10.7 Å². The molecular weight excluding hydrogens is 258 g/mol. The number of fused-ring (bicyclic) bond motifs is 1. The highest BCUT2D eigenvalue weighted by Gasteiger charge is 2.06. The van der Waals surface area contributed by atoms with Gasteiger partial charge in [-0.3, -0.25) is 5.32 Å². The van der Waals surface area contributed by atoms with Gasteiger partial charge in [0.25, 0.3) is 0 Å². The molecule has 0 atom stereocenters. The Bertz CT molecular complexity index is 753. The van der Waals surface area contributed by atoms with Gasteiger partial charge in [-0.1, -0.05) is 18.2 Å². The summed E-state index contributed by atoms with van der Waals surface area (Å²) < 4.78 is 5.69. The Hall–Kier alpha value is -3.02. The molecule has 100 valence electrons. The quantitative estimate of drug-likeness (QED) is 0.679. The van der Waals surface area contributed by atoms with E-state index in [1.165, 1.54) is 0 Å². The second kappa shape index (κ2) is 4.93. The third-order valence-electron chi connectivity index (χ3n) is 2.66. The third kappa shape index (κ3) is 2.54. The Morgan fingerprint density at radius 1 is 1.15 bits per heavy atom. The third-order valence-corrected chi connectivity index (χ3v) is 2.66. The summed E-state index contributed by atoms with van der Waals surface area (Å²) >= 11 is 0. The number of hydrogen-bond acceptors (Lipinski definition) is 3. The smallest absolute Gasteiger partial charge is 0.411 e. The van der Waals surface area contributed by atoms with Crippen LogP contribution < -0.4 is 10.1 Å². The number of hydrogen-bond donors (Lipinski definition) is 3. The molecule has 20 heavy (non-hydrogen) atoms. The van der Waals surface area contributed by atoms with Crippen LogP contribution in [0.25, 0.3) is 11.0 Å². The molecule has 0 fully saturated rings. The summed E-state index contributed by atoms with van der Waals surface area (Å²) in [7, 11) is 0. The Balaban J connectivity index is 1.88. The highest BCUT2D eigenvalue weighted by atomic mass is 16.5. The van der Waals surface area contributed by atoms with E-state index in [2.05, 4.69) is 15.3 Å². The van der Waals surface area contributed by atoms with Crippen molar-refractivity contribution < 1.29 is 14.6 Å². The largest absolute Gasteiger partial charge is 0.465 e. The zero-order valence-electron chi connectivity index (χ0n) is 10.3. The van der Waals surface area contributed by atoms with Gasteiger partial charge in [0.15, 0.2) is 0 Å². The van der Waals surface area contributed by atoms with Crippen LogP contribution in [-0.2, 0) is 0 Å². The summed E-state index contributed by atoms with van der Waals surface area (Å²) in [6.45, 7) is 0. The average molecular weight is 269 g/mol. The van der Waals surface area contributed by atoms with E-state index in [-0.39, 0.29) is 5.95 Å². The van der Waals surface area contributed by atoms with Crippen LogP contribution >= 0.6 is 0 Å². The molecule has 3 N–H and O–H groups in total. The van der Waals surface area contributed by atoms with Crippen molar-refractivity contribution in [3.05, 3.63) is 48.5 Å². The first-order chi connectivity index (χ1) is 9.70. The lowest BCUT2D eigenvalue weighted by atomic mass is 10.3. The Labute approximate surface area is 114 Å². The van der Waals surface area contributed by atoms with Crippen LogP contribution in [0.1, 0.15) is 0 Å². The number of aromatic amines is 1. The number of anilines is 1. The molecule has 0 spiro atoms. The first kappa shape index (κ1) is 12.0. The molecule has 0 unspecified atom stereocenters. The molecule has 0 radical (unpaired) electrons. The van der Waals surface area contributed by atoms with Gasteiger partial charge in [-0.2, -0.15) is 0 Å². The molecule has 0 aliphatic carbocycles. The lowest BCUT2D eigenvalue weighted by Crippen LogP contribution is -2.08. The second-order valence-electron chi connectivity index (χ2n) is 4.11. The minimum Gasteiger partial charge on any atom is -0.465 e. The van der Waals surface area contributed by atoms with Gasteiger partial charge >= 0.3 is 6.09 Å². The molecule has 0 bridgehead atoms. The zero-order valence-corrected chi connectivity index (χ0v) is 10.3. The monoisotopic (exact) mass is 269 g/mol. The zero-order chi connectivity index (χ0) is 13.9. The van der Waals surface area contributed by atoms with Crippen LogP contribution in [0.2, 0.25) is 0 Å². The standard InChI is InChI=1S/C14H11N3O3/c18-14(19)17-13-15-11-7-6-10(8-12(11)16-13)20-9-4-2-1-3-5-9/h1-8H,(H,18,19)(H2,15,16,17). The van der Waals surface area contributed by atoms with Crippen LogP contribution in [0, 0.1) is 0 Å². The molecule has 3 rings (SSSR count). The molecule has 0 aliphatic rings. The van der Waals surface area contributed by atoms with Gasteiger partial charge in [-0.05, 0) is 24.3 Å². The van der Waals surface area contributed by atoms with Gasteiger partial charge in [0.05, 0.1) is 11.0 Å². The number of carbonyl (C=O) groups is 1. The fourth-order valence-corrected chi connectivity index (χ4v) is 1.83. The topological polar surface area (TPSA) is 87.2 Å². The van der Waals surface area contributed by atoms with Gasteiger partial charge in [0.2, 0.25) is 5.95 Å². The molecule has 0 aliphatic heterocycles. The fraction of sp³-hybridized carbons (Fsp3) is 0. The van der Waals surface area contributed by atoms with Crippen molar-refractivity contribution >= 4 is 23.1 Å². The number of ether oxygens (including phenoxy) is 1. The van der Waals surface area contributed by atoms with E-state index in [4.69, 9.17) is 9.84 Å². The average Bonchev–Trinajstić information content (AvgIpc) is 2.80. The minimum absolute atomic E-state index is 0.185. The summed E-state index contributed by atoms with van der Waals surface area (Å²) in [5.41, 5.74) is 1.36. The van der Waals surface area contributed by atoms with Gasteiger partial charge in [-0.25, -0.2) is 9.78 Å². The highest BCUT2D eigenvalue weighted by Crippen LogP contribution is 2.25. The number of nitrogens with zero attached hydrogens (tertiary/aromatic N) is 1. The number of aromatic nitrogens is 2. The summed E-state index contributed by atoms with van der Waals surface area (Å²) in [4.78, 5) is 17.5. The lowest BCUT2D eigenvalue weighted by Gasteiger charge is -2.04. The van der Waals surface area contributed by atoms with Crippen LogP contribution in [0.15, 0.2) is 48.5 Å². The fourth-order valence-electron chi connectivity index (χ4n) is 1.83. The van der Waals surface area contributed by atoms with Gasteiger partial charge in [-0.15, -0.1) is 0 Å². The number of imidazole rings is 1. The molecule has 6 heteroatoms. The second-order valence-corrected chi connectivity index (χ2v) is 4.11. The summed E-state index contributed by atoms with van der Waals surface area (Å²) in [5.74, 6) is 1.55. The molecule has 3 aromatic rings. The number of rotatable bonds is 3. The maximum absolute atomic E-state index is 10.6. The number of nitrogens with one attached hydrogen (secondary N) is 2. The molecule has 2 aromatic carbocycles. The number of para-hydroxylation sites is 1. The molecule has 0 saturated heterocycles. The maximum atomic E-state index is 10.6. The highest BCUT2D eigenvalue weighted by molar-refractivity contribution is 5.85. The van der Waals surface area contributed by atoms with Crippen LogP contribution in [0.3, 0.4) is 0 Å². The summed E-state index contributed by atoms with van der Waals surface area (Å²) in [6.07, 6.45) is -1.16.